The quantitative estimate of drug-likeness (QED) is 0.648. The number of alkyl halides is 1. The first-order valence-corrected chi connectivity index (χ1v) is 7.05. The molecule has 22 heavy (non-hydrogen) atoms. The molecule has 0 aromatic heterocycles. The molecule has 0 bridgehead atoms. The molecule has 2 rings (SSSR count). The van der Waals surface area contributed by atoms with Crippen molar-refractivity contribution in [2.45, 2.75) is 31.5 Å². The lowest BCUT2D eigenvalue weighted by Gasteiger charge is -2.39. The normalized spacial score (nSPS) is 23.9. The molecule has 2 amide bonds. The summed E-state index contributed by atoms with van der Waals surface area (Å²) in [5, 5.41) is 2.67. The number of allylic oxidation sites excluding steroid dienone is 2. The molecule has 0 spiro atoms. The third kappa shape index (κ3) is 3.90. The van der Waals surface area contributed by atoms with Crippen molar-refractivity contribution in [3.05, 3.63) is 42.2 Å². The molecule has 1 aliphatic carbocycles. The van der Waals surface area contributed by atoms with Gasteiger partial charge in [-0.05, 0) is 25.1 Å². The Morgan fingerprint density at radius 3 is 2.82 bits per heavy atom. The van der Waals surface area contributed by atoms with Gasteiger partial charge in [0.05, 0.1) is 0 Å². The van der Waals surface area contributed by atoms with Crippen LogP contribution < -0.4 is 10.2 Å². The average molecular weight is 308 g/mol. The molecule has 4 nitrogen and oxygen atoms in total. The summed E-state index contributed by atoms with van der Waals surface area (Å²) in [5.41, 5.74) is -1.05. The van der Waals surface area contributed by atoms with Crippen molar-refractivity contribution in [2.75, 3.05) is 11.4 Å². The fourth-order valence-electron chi connectivity index (χ4n) is 2.57. The molecule has 1 N–H and O–H groups in total. The van der Waals surface area contributed by atoms with E-state index in [1.54, 1.807) is 13.0 Å². The summed E-state index contributed by atoms with van der Waals surface area (Å²) in [7, 11) is 0. The van der Waals surface area contributed by atoms with E-state index in [0.29, 0.717) is 12.1 Å². The second kappa shape index (κ2) is 6.68. The Hall–Kier alpha value is -2.24. The molecule has 1 saturated carbocycles. The highest BCUT2D eigenvalue weighted by Gasteiger charge is 2.43. The van der Waals surface area contributed by atoms with Crippen LogP contribution in [0.1, 0.15) is 19.8 Å². The molecule has 1 aromatic carbocycles. The fraction of sp³-hybridized carbons (Fsp3) is 0.375. The van der Waals surface area contributed by atoms with Gasteiger partial charge in [0, 0.05) is 24.6 Å². The van der Waals surface area contributed by atoms with Crippen molar-refractivity contribution in [3.8, 4) is 0 Å². The zero-order chi connectivity index (χ0) is 16.2. The van der Waals surface area contributed by atoms with Crippen LogP contribution in [0.15, 0.2) is 36.4 Å². The standard InChI is InChI=1S/C16H18F2N2O2/c1-2-6-16(18)8-13(9-16)19-15(22)10-20(11-21)14-5-3-4-12(17)7-14/h2-7,11,13H,8-10H2,1H3,(H,19,22). The molecule has 1 aliphatic rings. The Labute approximate surface area is 127 Å². The number of hydrogen-bond acceptors (Lipinski definition) is 2. The lowest BCUT2D eigenvalue weighted by atomic mass is 9.77. The van der Waals surface area contributed by atoms with E-state index in [2.05, 4.69) is 5.32 Å². The van der Waals surface area contributed by atoms with E-state index in [1.165, 1.54) is 30.3 Å². The van der Waals surface area contributed by atoms with Crippen LogP contribution in [0.3, 0.4) is 0 Å². The van der Waals surface area contributed by atoms with E-state index in [4.69, 9.17) is 0 Å². The molecular formula is C16H18F2N2O2. The van der Waals surface area contributed by atoms with Gasteiger partial charge < -0.3 is 10.2 Å². The van der Waals surface area contributed by atoms with Crippen LogP contribution >= 0.6 is 0 Å². The molecule has 0 aliphatic heterocycles. The second-order valence-electron chi connectivity index (χ2n) is 5.42. The monoisotopic (exact) mass is 308 g/mol. The predicted octanol–water partition coefficient (Wildman–Crippen LogP) is 2.35. The minimum Gasteiger partial charge on any atom is -0.352 e. The number of carbonyl (C=O) groups excluding carboxylic acids is 2. The average Bonchev–Trinajstić information content (AvgIpc) is 2.43. The van der Waals surface area contributed by atoms with Crippen LogP contribution in [-0.2, 0) is 9.59 Å². The van der Waals surface area contributed by atoms with Gasteiger partial charge in [0.25, 0.3) is 0 Å². The number of amides is 2. The Kier molecular flexibility index (Phi) is 4.90. The van der Waals surface area contributed by atoms with Crippen molar-refractivity contribution in [2.24, 2.45) is 0 Å². The number of anilines is 1. The lowest BCUT2D eigenvalue weighted by Crippen LogP contribution is -2.53. The van der Waals surface area contributed by atoms with Crippen LogP contribution in [0.2, 0.25) is 0 Å². The lowest BCUT2D eigenvalue weighted by molar-refractivity contribution is -0.123. The minimum atomic E-state index is -1.35. The number of benzene rings is 1. The summed E-state index contributed by atoms with van der Waals surface area (Å²) in [5.74, 6) is -0.888. The minimum absolute atomic E-state index is 0.226. The van der Waals surface area contributed by atoms with E-state index in [1.807, 2.05) is 0 Å². The van der Waals surface area contributed by atoms with Crippen molar-refractivity contribution < 1.29 is 18.4 Å². The maximum absolute atomic E-state index is 13.9. The number of hydrogen-bond donors (Lipinski definition) is 1. The van der Waals surface area contributed by atoms with Gasteiger partial charge >= 0.3 is 0 Å². The zero-order valence-electron chi connectivity index (χ0n) is 12.3. The first kappa shape index (κ1) is 16.1. The van der Waals surface area contributed by atoms with Crippen LogP contribution in [0.4, 0.5) is 14.5 Å². The van der Waals surface area contributed by atoms with E-state index < -0.39 is 17.4 Å². The van der Waals surface area contributed by atoms with E-state index in [9.17, 15) is 18.4 Å². The second-order valence-corrected chi connectivity index (χ2v) is 5.42. The third-order valence-corrected chi connectivity index (χ3v) is 3.58. The van der Waals surface area contributed by atoms with Gasteiger partial charge in [-0.3, -0.25) is 9.59 Å². The molecule has 0 atom stereocenters. The number of rotatable bonds is 6. The van der Waals surface area contributed by atoms with Crippen molar-refractivity contribution in [1.82, 2.24) is 5.32 Å². The number of halogens is 2. The molecule has 1 fully saturated rings. The Morgan fingerprint density at radius 1 is 1.50 bits per heavy atom. The van der Waals surface area contributed by atoms with Crippen LogP contribution in [0.25, 0.3) is 0 Å². The maximum atomic E-state index is 13.9. The van der Waals surface area contributed by atoms with Gasteiger partial charge in [-0.15, -0.1) is 0 Å². The van der Waals surface area contributed by atoms with Gasteiger partial charge in [-0.1, -0.05) is 18.2 Å². The van der Waals surface area contributed by atoms with Crippen molar-refractivity contribution >= 4 is 18.0 Å². The topological polar surface area (TPSA) is 49.4 Å². The predicted molar refractivity (Wildman–Crippen MR) is 79.6 cm³/mol. The van der Waals surface area contributed by atoms with Crippen molar-refractivity contribution in [3.63, 3.8) is 0 Å². The summed E-state index contributed by atoms with van der Waals surface area (Å²) >= 11 is 0. The number of nitrogens with zero attached hydrogens (tertiary/aromatic N) is 1. The highest BCUT2D eigenvalue weighted by atomic mass is 19.1. The van der Waals surface area contributed by atoms with Crippen molar-refractivity contribution in [1.29, 1.82) is 0 Å². The summed E-state index contributed by atoms with van der Waals surface area (Å²) in [6.07, 6.45) is 4.05. The number of carbonyl (C=O) groups is 2. The summed E-state index contributed by atoms with van der Waals surface area (Å²) in [6.45, 7) is 1.51. The Morgan fingerprint density at radius 2 is 2.23 bits per heavy atom. The Bertz CT molecular complexity index is 583. The molecule has 6 heteroatoms. The number of nitrogens with one attached hydrogen (secondary N) is 1. The summed E-state index contributed by atoms with van der Waals surface area (Å²) in [4.78, 5) is 24.1. The molecule has 0 saturated heterocycles. The van der Waals surface area contributed by atoms with Gasteiger partial charge in [-0.25, -0.2) is 8.78 Å². The SMILES string of the molecule is CC=CC1(F)CC(NC(=O)CN(C=O)c2cccc(F)c2)C1. The molecule has 0 unspecified atom stereocenters. The van der Waals surface area contributed by atoms with Crippen LogP contribution in [0, 0.1) is 5.82 Å². The highest BCUT2D eigenvalue weighted by molar-refractivity contribution is 5.88. The van der Waals surface area contributed by atoms with Gasteiger partial charge in [-0.2, -0.15) is 0 Å². The Balaban J connectivity index is 1.87. The molecule has 118 valence electrons. The molecule has 0 radical (unpaired) electrons. The summed E-state index contributed by atoms with van der Waals surface area (Å²) in [6, 6.07) is 5.17. The summed E-state index contributed by atoms with van der Waals surface area (Å²) < 4.78 is 27.0. The maximum Gasteiger partial charge on any atom is 0.240 e. The van der Waals surface area contributed by atoms with E-state index >= 15 is 0 Å². The third-order valence-electron chi connectivity index (χ3n) is 3.58. The first-order valence-electron chi connectivity index (χ1n) is 7.05. The van der Waals surface area contributed by atoms with Gasteiger partial charge in [0.1, 0.15) is 18.0 Å². The van der Waals surface area contributed by atoms with Gasteiger partial charge in [0.2, 0.25) is 12.3 Å². The molecule has 0 heterocycles. The largest absolute Gasteiger partial charge is 0.352 e. The fourth-order valence-corrected chi connectivity index (χ4v) is 2.57. The molecular weight excluding hydrogens is 290 g/mol. The van der Waals surface area contributed by atoms with E-state index in [-0.39, 0.29) is 25.4 Å². The van der Waals surface area contributed by atoms with Crippen LogP contribution in [0.5, 0.6) is 0 Å². The van der Waals surface area contributed by atoms with E-state index in [0.717, 1.165) is 4.90 Å². The van der Waals surface area contributed by atoms with Crippen LogP contribution in [-0.4, -0.2) is 30.6 Å². The highest BCUT2D eigenvalue weighted by Crippen LogP contribution is 2.37. The first-order chi connectivity index (χ1) is 10.5. The van der Waals surface area contributed by atoms with Gasteiger partial charge in [0.15, 0.2) is 0 Å². The smallest absolute Gasteiger partial charge is 0.240 e. The molecule has 1 aromatic rings. The zero-order valence-corrected chi connectivity index (χ0v) is 12.3.